The van der Waals surface area contributed by atoms with Crippen molar-refractivity contribution in [3.8, 4) is 11.6 Å². The number of aliphatic imine (C=N–C) groups is 1. The second-order valence-electron chi connectivity index (χ2n) is 8.40. The van der Waals surface area contributed by atoms with Crippen LogP contribution in [0.3, 0.4) is 0 Å². The number of anilines is 1. The summed E-state index contributed by atoms with van der Waals surface area (Å²) in [5.74, 6) is 0.608. The normalized spacial score (nSPS) is 24.4. The molecule has 1 amide bonds. The molecule has 1 fully saturated rings. The standard InChI is InChI=1S/C21H23N5O5/c1-19(2)20(9-29-10-20)21(11-30-18(22)26-21)13-6-12(4-5-15(13)31-19)25-17(27)14-7-24-16(28-3)8-23-14/h4-8H,9-11H2,1-3H3,(H2,22,26)(H,25,27)/t21-/m0/s1. The van der Waals surface area contributed by atoms with Crippen LogP contribution in [-0.4, -0.2) is 54.4 Å². The topological polar surface area (TPSA) is 130 Å². The van der Waals surface area contributed by atoms with Crippen LogP contribution in [0.25, 0.3) is 0 Å². The summed E-state index contributed by atoms with van der Waals surface area (Å²) in [6, 6.07) is 5.59. The number of rotatable bonds is 3. The number of nitrogens with zero attached hydrogens (tertiary/aromatic N) is 3. The first kappa shape index (κ1) is 19.6. The summed E-state index contributed by atoms with van der Waals surface area (Å²) >= 11 is 0. The van der Waals surface area contributed by atoms with E-state index in [0.29, 0.717) is 30.5 Å². The smallest absolute Gasteiger partial charge is 0.283 e. The molecule has 0 radical (unpaired) electrons. The highest BCUT2D eigenvalue weighted by molar-refractivity contribution is 6.02. The Kier molecular flexibility index (Phi) is 4.13. The molecule has 10 nitrogen and oxygen atoms in total. The lowest BCUT2D eigenvalue weighted by atomic mass is 9.55. The fraction of sp³-hybridized carbons (Fsp3) is 0.429. The average Bonchev–Trinajstić information content (AvgIpc) is 3.09. The molecule has 0 aliphatic carbocycles. The van der Waals surface area contributed by atoms with Crippen LogP contribution in [0.2, 0.25) is 0 Å². The highest BCUT2D eigenvalue weighted by atomic mass is 16.5. The van der Waals surface area contributed by atoms with E-state index in [1.165, 1.54) is 19.5 Å². The minimum absolute atomic E-state index is 0.137. The minimum Gasteiger partial charge on any atom is -0.487 e. The summed E-state index contributed by atoms with van der Waals surface area (Å²) in [6.45, 7) is 5.28. The number of nitrogens with two attached hydrogens (primary N) is 1. The number of carbonyl (C=O) groups is 1. The van der Waals surface area contributed by atoms with Crippen molar-refractivity contribution in [3.63, 3.8) is 0 Å². The van der Waals surface area contributed by atoms with Gasteiger partial charge in [-0.2, -0.15) is 0 Å². The van der Waals surface area contributed by atoms with E-state index in [1.807, 2.05) is 26.0 Å². The first-order valence-corrected chi connectivity index (χ1v) is 9.87. The molecule has 3 aliphatic heterocycles. The van der Waals surface area contributed by atoms with Gasteiger partial charge in [0.15, 0.2) is 0 Å². The molecule has 1 aromatic carbocycles. The highest BCUT2D eigenvalue weighted by Gasteiger charge is 2.71. The Morgan fingerprint density at radius 2 is 2.00 bits per heavy atom. The summed E-state index contributed by atoms with van der Waals surface area (Å²) in [5, 5.41) is 2.86. The number of carbonyl (C=O) groups excluding carboxylic acids is 1. The largest absolute Gasteiger partial charge is 0.487 e. The maximum Gasteiger partial charge on any atom is 0.283 e. The first-order valence-electron chi connectivity index (χ1n) is 9.87. The van der Waals surface area contributed by atoms with Crippen LogP contribution < -0.4 is 20.5 Å². The molecule has 31 heavy (non-hydrogen) atoms. The van der Waals surface area contributed by atoms with Crippen molar-refractivity contribution in [3.05, 3.63) is 41.9 Å². The molecule has 4 heterocycles. The maximum absolute atomic E-state index is 12.7. The third kappa shape index (κ3) is 2.67. The van der Waals surface area contributed by atoms with Crippen LogP contribution in [0.5, 0.6) is 11.6 Å². The Morgan fingerprint density at radius 1 is 1.19 bits per heavy atom. The van der Waals surface area contributed by atoms with Crippen LogP contribution in [0, 0.1) is 5.41 Å². The van der Waals surface area contributed by atoms with Gasteiger partial charge in [0, 0.05) is 11.3 Å². The van der Waals surface area contributed by atoms with Gasteiger partial charge in [0.25, 0.3) is 11.9 Å². The molecule has 0 bridgehead atoms. The van der Waals surface area contributed by atoms with E-state index in [2.05, 4.69) is 15.3 Å². The van der Waals surface area contributed by atoms with Gasteiger partial charge in [-0.15, -0.1) is 0 Å². The van der Waals surface area contributed by atoms with E-state index in [4.69, 9.17) is 29.7 Å². The van der Waals surface area contributed by atoms with Gasteiger partial charge in [-0.05, 0) is 32.0 Å². The zero-order valence-electron chi connectivity index (χ0n) is 17.5. The number of nitrogens with one attached hydrogen (secondary N) is 1. The number of amides is 1. The van der Waals surface area contributed by atoms with Gasteiger partial charge in [-0.25, -0.2) is 15.0 Å². The van der Waals surface area contributed by atoms with Crippen molar-refractivity contribution in [2.24, 2.45) is 16.1 Å². The van der Waals surface area contributed by atoms with Gasteiger partial charge in [-0.3, -0.25) is 4.79 Å². The van der Waals surface area contributed by atoms with Gasteiger partial charge < -0.3 is 30.0 Å². The first-order chi connectivity index (χ1) is 14.8. The minimum atomic E-state index is -0.771. The van der Waals surface area contributed by atoms with E-state index in [0.717, 1.165) is 5.56 Å². The van der Waals surface area contributed by atoms with Gasteiger partial charge in [0.1, 0.15) is 29.2 Å². The Labute approximate surface area is 178 Å². The number of hydrogen-bond acceptors (Lipinski definition) is 9. The zero-order valence-corrected chi connectivity index (χ0v) is 17.5. The Morgan fingerprint density at radius 3 is 2.58 bits per heavy atom. The second-order valence-corrected chi connectivity index (χ2v) is 8.40. The SMILES string of the molecule is COc1cnc(C(=O)Nc2ccc3c(c2)[C@@]2(COC(N)=N2)C2(COC2)C(C)(C)O3)cn1. The molecule has 2 spiro atoms. The van der Waals surface area contributed by atoms with Gasteiger partial charge in [-0.1, -0.05) is 0 Å². The zero-order chi connectivity index (χ0) is 21.9. The van der Waals surface area contributed by atoms with E-state index < -0.39 is 22.5 Å². The molecule has 3 N–H and O–H groups in total. The molecule has 10 heteroatoms. The van der Waals surface area contributed by atoms with Crippen LogP contribution in [0.15, 0.2) is 35.6 Å². The van der Waals surface area contributed by atoms with E-state index in [-0.39, 0.29) is 18.3 Å². The Hall–Kier alpha value is -3.40. The van der Waals surface area contributed by atoms with Crippen molar-refractivity contribution < 1.29 is 23.7 Å². The van der Waals surface area contributed by atoms with Gasteiger partial charge in [0.2, 0.25) is 5.88 Å². The molecule has 2 aromatic rings. The lowest BCUT2D eigenvalue weighted by Gasteiger charge is -2.61. The van der Waals surface area contributed by atoms with Gasteiger partial charge in [0.05, 0.1) is 38.1 Å². The molecular formula is C21H23N5O5. The molecule has 1 saturated heterocycles. The fourth-order valence-corrected chi connectivity index (χ4v) is 4.59. The molecule has 1 aromatic heterocycles. The van der Waals surface area contributed by atoms with Crippen molar-refractivity contribution in [1.82, 2.24) is 9.97 Å². The molecular weight excluding hydrogens is 402 g/mol. The molecule has 5 rings (SSSR count). The van der Waals surface area contributed by atoms with Gasteiger partial charge >= 0.3 is 0 Å². The molecule has 162 valence electrons. The third-order valence-corrected chi connectivity index (χ3v) is 6.49. The number of aromatic nitrogens is 2. The average molecular weight is 425 g/mol. The highest BCUT2D eigenvalue weighted by Crippen LogP contribution is 2.62. The van der Waals surface area contributed by atoms with Crippen molar-refractivity contribution in [2.75, 3.05) is 32.2 Å². The second kappa shape index (κ2) is 6.55. The number of hydrogen-bond donors (Lipinski definition) is 2. The summed E-state index contributed by atoms with van der Waals surface area (Å²) < 4.78 is 22.6. The predicted octanol–water partition coefficient (Wildman–Crippen LogP) is 1.47. The summed E-state index contributed by atoms with van der Waals surface area (Å²) in [6.07, 6.45) is 2.75. The van der Waals surface area contributed by atoms with Crippen molar-refractivity contribution >= 4 is 17.6 Å². The van der Waals surface area contributed by atoms with Crippen LogP contribution >= 0.6 is 0 Å². The Balaban J connectivity index is 1.53. The van der Waals surface area contributed by atoms with Crippen molar-refractivity contribution in [1.29, 1.82) is 0 Å². The summed E-state index contributed by atoms with van der Waals surface area (Å²) in [5.41, 5.74) is 5.72. The van der Waals surface area contributed by atoms with E-state index in [1.54, 1.807) is 6.07 Å². The number of amidine groups is 1. The Bertz CT molecular complexity index is 1080. The number of ether oxygens (including phenoxy) is 4. The molecule has 3 aliphatic rings. The summed E-state index contributed by atoms with van der Waals surface area (Å²) in [7, 11) is 1.48. The number of fused-ring (bicyclic) bond motifs is 3. The van der Waals surface area contributed by atoms with Crippen LogP contribution in [-0.2, 0) is 15.0 Å². The van der Waals surface area contributed by atoms with E-state index in [9.17, 15) is 4.79 Å². The fourth-order valence-electron chi connectivity index (χ4n) is 4.59. The molecule has 0 unspecified atom stereocenters. The number of benzene rings is 1. The quantitative estimate of drug-likeness (QED) is 0.756. The van der Waals surface area contributed by atoms with Crippen molar-refractivity contribution in [2.45, 2.75) is 25.0 Å². The predicted molar refractivity (Wildman–Crippen MR) is 110 cm³/mol. The summed E-state index contributed by atoms with van der Waals surface area (Å²) in [4.78, 5) is 25.5. The molecule has 1 atom stereocenters. The van der Waals surface area contributed by atoms with Crippen LogP contribution in [0.4, 0.5) is 5.69 Å². The molecule has 0 saturated carbocycles. The third-order valence-electron chi connectivity index (χ3n) is 6.49. The van der Waals surface area contributed by atoms with Crippen LogP contribution in [0.1, 0.15) is 29.9 Å². The monoisotopic (exact) mass is 425 g/mol. The van der Waals surface area contributed by atoms with E-state index >= 15 is 0 Å². The number of methoxy groups -OCH3 is 1. The lowest BCUT2D eigenvalue weighted by molar-refractivity contribution is -0.247. The lowest BCUT2D eigenvalue weighted by Crippen LogP contribution is -2.71. The maximum atomic E-state index is 12.7.